The van der Waals surface area contributed by atoms with Crippen LogP contribution >= 0.6 is 19.4 Å². The molecule has 0 unspecified atom stereocenters. The first kappa shape index (κ1) is 6.94. The van der Waals surface area contributed by atoms with E-state index < -0.39 is 14.0 Å². The average Bonchev–Trinajstić information content (AvgIpc) is 1.35. The van der Waals surface area contributed by atoms with E-state index in [0.717, 1.165) is 5.02 Å². The van der Waals surface area contributed by atoms with Crippen molar-refractivity contribution in [2.24, 2.45) is 0 Å². The van der Waals surface area contributed by atoms with Crippen molar-refractivity contribution in [1.82, 2.24) is 0 Å². The second-order valence-electron chi connectivity index (χ2n) is 0.673. The summed E-state index contributed by atoms with van der Waals surface area (Å²) in [5, 5.41) is 0.813. The van der Waals surface area contributed by atoms with Gasteiger partial charge in [-0.2, -0.15) is 0 Å². The Kier molecular flexibility index (Phi) is 4.76. The molecule has 0 heterocycles. The zero-order valence-corrected chi connectivity index (χ0v) is 6.35. The molecule has 0 aliphatic rings. The van der Waals surface area contributed by atoms with Gasteiger partial charge in [0.25, 0.3) is 0 Å². The van der Waals surface area contributed by atoms with Crippen LogP contribution in [0.1, 0.15) is 0 Å². The summed E-state index contributed by atoms with van der Waals surface area (Å²) in [5.74, 6) is 0. The minimum atomic E-state index is -1.38. The molecule has 0 saturated heterocycles. The van der Waals surface area contributed by atoms with Gasteiger partial charge in [0.1, 0.15) is 0 Å². The van der Waals surface area contributed by atoms with E-state index in [0.29, 0.717) is 0 Å². The van der Waals surface area contributed by atoms with Crippen molar-refractivity contribution in [2.75, 3.05) is 0 Å². The summed E-state index contributed by atoms with van der Waals surface area (Å²) >= 11 is -1.38. The molecule has 0 radical (unpaired) electrons. The second-order valence-corrected chi connectivity index (χ2v) is 7.19. The number of rotatable bonds is 2. The maximum atomic E-state index is 5.42. The van der Waals surface area contributed by atoms with Gasteiger partial charge in [-0.05, 0) is 0 Å². The Balaban J connectivity index is 2.81. The van der Waals surface area contributed by atoms with Crippen LogP contribution in [0.2, 0.25) is 5.02 Å². The molecule has 0 aromatic carbocycles. The van der Waals surface area contributed by atoms with Gasteiger partial charge in [-0.3, -0.25) is 0 Å². The fourth-order valence-electron chi connectivity index (χ4n) is 0.0772. The molecule has 3 heteroatoms. The first-order valence-corrected chi connectivity index (χ1v) is 7.04. The average molecular weight is 213 g/mol. The zero-order valence-electron chi connectivity index (χ0n) is 3.10. The van der Waals surface area contributed by atoms with E-state index in [1.165, 1.54) is 0 Å². The number of halogens is 2. The van der Waals surface area contributed by atoms with Crippen molar-refractivity contribution >= 4 is 19.4 Å². The van der Waals surface area contributed by atoms with Crippen molar-refractivity contribution in [3.63, 3.8) is 0 Å². The van der Waals surface area contributed by atoms with E-state index in [2.05, 4.69) is 6.58 Å². The van der Waals surface area contributed by atoms with Crippen LogP contribution in [0, 0.1) is 0 Å². The SMILES string of the molecule is C=C[CH2][Ru]([Cl])[Cl]. The molecule has 0 rings (SSSR count). The van der Waals surface area contributed by atoms with Crippen LogP contribution < -0.4 is 0 Å². The van der Waals surface area contributed by atoms with Gasteiger partial charge in [0.2, 0.25) is 0 Å². The van der Waals surface area contributed by atoms with Crippen molar-refractivity contribution in [2.45, 2.75) is 5.02 Å². The third-order valence-corrected chi connectivity index (χ3v) is 2.54. The summed E-state index contributed by atoms with van der Waals surface area (Å²) in [6.07, 6.45) is 1.75. The van der Waals surface area contributed by atoms with Crippen LogP contribution in [-0.4, -0.2) is 0 Å². The molecule has 0 aliphatic heterocycles. The molecule has 0 aromatic rings. The normalized spacial score (nSPS) is 10.7. The van der Waals surface area contributed by atoms with E-state index in [1.54, 1.807) is 6.08 Å². The topological polar surface area (TPSA) is 0 Å². The van der Waals surface area contributed by atoms with Gasteiger partial charge in [0.15, 0.2) is 0 Å². The Hall–Kier alpha value is 0.943. The summed E-state index contributed by atoms with van der Waals surface area (Å²) in [5.41, 5.74) is 0. The van der Waals surface area contributed by atoms with Gasteiger partial charge in [-0.1, -0.05) is 0 Å². The Bertz CT molecular complexity index is 44.1. The van der Waals surface area contributed by atoms with E-state index in [-0.39, 0.29) is 0 Å². The van der Waals surface area contributed by atoms with Gasteiger partial charge < -0.3 is 0 Å². The molecule has 0 bridgehead atoms. The summed E-state index contributed by atoms with van der Waals surface area (Å²) in [7, 11) is 10.8. The first-order valence-electron chi connectivity index (χ1n) is 1.33. The van der Waals surface area contributed by atoms with Crippen LogP contribution in [0.5, 0.6) is 0 Å². The Labute approximate surface area is 51.1 Å². The maximum absolute atomic E-state index is 5.42. The molecule has 0 fully saturated rings. The van der Waals surface area contributed by atoms with Crippen molar-refractivity contribution in [1.29, 1.82) is 0 Å². The van der Waals surface area contributed by atoms with E-state index in [9.17, 15) is 0 Å². The third-order valence-electron chi connectivity index (χ3n) is 0.211. The van der Waals surface area contributed by atoms with E-state index >= 15 is 0 Å². The predicted octanol–water partition coefficient (Wildman–Crippen LogP) is 2.52. The molecular weight excluding hydrogens is 208 g/mol. The Morgan fingerprint density at radius 1 is 1.67 bits per heavy atom. The summed E-state index contributed by atoms with van der Waals surface area (Å²) in [6, 6.07) is 0. The molecule has 0 nitrogen and oxygen atoms in total. The molecule has 0 N–H and O–H groups in total. The van der Waals surface area contributed by atoms with Crippen LogP contribution in [0.4, 0.5) is 0 Å². The molecule has 0 atom stereocenters. The van der Waals surface area contributed by atoms with Gasteiger partial charge >= 0.3 is 51.0 Å². The predicted molar refractivity (Wildman–Crippen MR) is 26.7 cm³/mol. The number of hydrogen-bond donors (Lipinski definition) is 0. The van der Waals surface area contributed by atoms with Crippen molar-refractivity contribution < 1.29 is 14.0 Å². The summed E-state index contributed by atoms with van der Waals surface area (Å²) in [4.78, 5) is 0. The van der Waals surface area contributed by atoms with E-state index in [4.69, 9.17) is 19.4 Å². The first-order chi connectivity index (χ1) is 2.77. The molecule has 6 heavy (non-hydrogen) atoms. The third kappa shape index (κ3) is 4.94. The van der Waals surface area contributed by atoms with Crippen LogP contribution in [0.15, 0.2) is 12.7 Å². The molecule has 0 aliphatic carbocycles. The fraction of sp³-hybridized carbons (Fsp3) is 0.333. The zero-order chi connectivity index (χ0) is 4.99. The van der Waals surface area contributed by atoms with Crippen LogP contribution in [-0.2, 0) is 14.0 Å². The molecule has 0 saturated carbocycles. The molecule has 39 valence electrons. The van der Waals surface area contributed by atoms with Gasteiger partial charge in [-0.15, -0.1) is 0 Å². The minimum absolute atomic E-state index is 0.813. The molecule has 0 amide bonds. The van der Waals surface area contributed by atoms with Crippen LogP contribution in [0.3, 0.4) is 0 Å². The quantitative estimate of drug-likeness (QED) is 0.488. The number of allylic oxidation sites excluding steroid dienone is 1. The summed E-state index contributed by atoms with van der Waals surface area (Å²) in [6.45, 7) is 3.47. The second kappa shape index (κ2) is 4.11. The fourth-order valence-corrected chi connectivity index (χ4v) is 1.37. The molecule has 0 aromatic heterocycles. The molecule has 0 spiro atoms. The Morgan fingerprint density at radius 3 is 2.17 bits per heavy atom. The van der Waals surface area contributed by atoms with Crippen molar-refractivity contribution in [3.8, 4) is 0 Å². The van der Waals surface area contributed by atoms with Gasteiger partial charge in [0, 0.05) is 0 Å². The van der Waals surface area contributed by atoms with Gasteiger partial charge in [0.05, 0.1) is 0 Å². The van der Waals surface area contributed by atoms with Crippen molar-refractivity contribution in [3.05, 3.63) is 12.7 Å². The van der Waals surface area contributed by atoms with Crippen LogP contribution in [0.25, 0.3) is 0 Å². The Morgan fingerprint density at radius 2 is 2.17 bits per heavy atom. The number of hydrogen-bond acceptors (Lipinski definition) is 0. The summed E-state index contributed by atoms with van der Waals surface area (Å²) < 4.78 is 0. The van der Waals surface area contributed by atoms with E-state index in [1.807, 2.05) is 0 Å². The molecular formula is C3H5Cl2Ru. The standard InChI is InChI=1S/C3H5.2ClH.Ru/c1-3-2;;;/h3H,1-2H2;2*1H;/q;;;+2/p-2. The monoisotopic (exact) mass is 213 g/mol. The van der Waals surface area contributed by atoms with Gasteiger partial charge in [-0.25, -0.2) is 0 Å².